The Morgan fingerprint density at radius 1 is 1.24 bits per heavy atom. The third kappa shape index (κ3) is 3.38. The largest absolute Gasteiger partial charge is 0.370 e. The first-order valence-electron chi connectivity index (χ1n) is 8.26. The van der Waals surface area contributed by atoms with Gasteiger partial charge in [-0.1, -0.05) is 6.92 Å². The molecule has 0 amide bonds. The molecule has 116 valence electrons. The molecule has 1 unspecified atom stereocenters. The van der Waals surface area contributed by atoms with E-state index < -0.39 is 0 Å². The van der Waals surface area contributed by atoms with Crippen molar-refractivity contribution in [2.24, 2.45) is 0 Å². The smallest absolute Gasteiger partial charge is 0.123 e. The highest BCUT2D eigenvalue weighted by Crippen LogP contribution is 2.28. The van der Waals surface area contributed by atoms with E-state index in [9.17, 15) is 4.39 Å². The summed E-state index contributed by atoms with van der Waals surface area (Å²) in [5.74, 6) is -0.135. The molecule has 0 aliphatic carbocycles. The van der Waals surface area contributed by atoms with Gasteiger partial charge in [-0.05, 0) is 56.1 Å². The molecule has 2 aliphatic rings. The second-order valence-corrected chi connectivity index (χ2v) is 6.18. The summed E-state index contributed by atoms with van der Waals surface area (Å²) in [5, 5.41) is 3.33. The lowest BCUT2D eigenvalue weighted by molar-refractivity contribution is 0.273. The van der Waals surface area contributed by atoms with E-state index in [0.717, 1.165) is 31.7 Å². The standard InChI is InChI=1S/C17H26FN3/c1-2-19-12-14-11-15(18)6-7-17(14)21-10-4-9-20-8-3-5-16(20)13-21/h6-7,11,16,19H,2-5,8-10,12-13H2,1H3. The van der Waals surface area contributed by atoms with E-state index in [-0.39, 0.29) is 5.82 Å². The summed E-state index contributed by atoms with van der Waals surface area (Å²) in [7, 11) is 0. The molecule has 1 atom stereocenters. The Morgan fingerprint density at radius 3 is 2.95 bits per heavy atom. The highest BCUT2D eigenvalue weighted by molar-refractivity contribution is 5.54. The van der Waals surface area contributed by atoms with E-state index in [4.69, 9.17) is 0 Å². The van der Waals surface area contributed by atoms with Gasteiger partial charge in [0.05, 0.1) is 0 Å². The third-order valence-corrected chi connectivity index (χ3v) is 4.75. The fourth-order valence-electron chi connectivity index (χ4n) is 3.69. The summed E-state index contributed by atoms with van der Waals surface area (Å²) in [6.45, 7) is 8.38. The number of rotatable bonds is 4. The van der Waals surface area contributed by atoms with Crippen molar-refractivity contribution >= 4 is 5.69 Å². The zero-order chi connectivity index (χ0) is 14.7. The SMILES string of the molecule is CCNCc1cc(F)ccc1N1CCCN2CCCC2C1. The Balaban J connectivity index is 1.81. The van der Waals surface area contributed by atoms with Gasteiger partial charge in [-0.2, -0.15) is 0 Å². The third-order valence-electron chi connectivity index (χ3n) is 4.75. The van der Waals surface area contributed by atoms with E-state index >= 15 is 0 Å². The number of hydrogen-bond donors (Lipinski definition) is 1. The molecule has 0 spiro atoms. The number of anilines is 1. The van der Waals surface area contributed by atoms with Crippen LogP contribution < -0.4 is 10.2 Å². The molecule has 0 radical (unpaired) electrons. The maximum absolute atomic E-state index is 13.6. The second kappa shape index (κ2) is 6.75. The van der Waals surface area contributed by atoms with Gasteiger partial charge in [-0.25, -0.2) is 4.39 Å². The average molecular weight is 291 g/mol. The van der Waals surface area contributed by atoms with E-state index in [1.807, 2.05) is 6.07 Å². The molecule has 21 heavy (non-hydrogen) atoms. The van der Waals surface area contributed by atoms with Gasteiger partial charge in [0.15, 0.2) is 0 Å². The van der Waals surface area contributed by atoms with Gasteiger partial charge in [0.2, 0.25) is 0 Å². The van der Waals surface area contributed by atoms with Gasteiger partial charge in [0.25, 0.3) is 0 Å². The van der Waals surface area contributed by atoms with Gasteiger partial charge >= 0.3 is 0 Å². The molecule has 0 aromatic heterocycles. The summed E-state index contributed by atoms with van der Waals surface area (Å²) in [6.07, 6.45) is 3.83. The van der Waals surface area contributed by atoms with Crippen LogP contribution in [0.25, 0.3) is 0 Å². The Hall–Kier alpha value is -1.13. The molecule has 1 aromatic rings. The zero-order valence-corrected chi connectivity index (χ0v) is 12.9. The molecule has 3 rings (SSSR count). The van der Waals surface area contributed by atoms with Crippen molar-refractivity contribution in [3.8, 4) is 0 Å². The quantitative estimate of drug-likeness (QED) is 0.920. The topological polar surface area (TPSA) is 18.5 Å². The van der Waals surface area contributed by atoms with Crippen LogP contribution in [0.1, 0.15) is 31.7 Å². The maximum atomic E-state index is 13.6. The first-order valence-corrected chi connectivity index (χ1v) is 8.26. The highest BCUT2D eigenvalue weighted by atomic mass is 19.1. The van der Waals surface area contributed by atoms with E-state index in [1.165, 1.54) is 38.0 Å². The molecule has 1 N–H and O–H groups in total. The van der Waals surface area contributed by atoms with Gasteiger partial charge in [-0.15, -0.1) is 0 Å². The lowest BCUT2D eigenvalue weighted by Gasteiger charge is -2.29. The fourth-order valence-corrected chi connectivity index (χ4v) is 3.69. The van der Waals surface area contributed by atoms with Crippen LogP contribution in [0.15, 0.2) is 18.2 Å². The minimum atomic E-state index is -0.135. The molecular weight excluding hydrogens is 265 g/mol. The van der Waals surface area contributed by atoms with E-state index in [2.05, 4.69) is 22.0 Å². The normalized spacial score (nSPS) is 23.1. The zero-order valence-electron chi connectivity index (χ0n) is 12.9. The number of benzene rings is 1. The molecule has 3 nitrogen and oxygen atoms in total. The van der Waals surface area contributed by atoms with Crippen molar-refractivity contribution in [1.82, 2.24) is 10.2 Å². The molecule has 0 bridgehead atoms. The number of halogens is 1. The second-order valence-electron chi connectivity index (χ2n) is 6.18. The summed E-state index contributed by atoms with van der Waals surface area (Å²) in [4.78, 5) is 5.11. The number of fused-ring (bicyclic) bond motifs is 1. The summed E-state index contributed by atoms with van der Waals surface area (Å²) >= 11 is 0. The summed E-state index contributed by atoms with van der Waals surface area (Å²) in [6, 6.07) is 5.94. The van der Waals surface area contributed by atoms with Crippen LogP contribution in [-0.2, 0) is 6.54 Å². The van der Waals surface area contributed by atoms with Crippen molar-refractivity contribution < 1.29 is 4.39 Å². The van der Waals surface area contributed by atoms with Crippen LogP contribution in [0.2, 0.25) is 0 Å². The van der Waals surface area contributed by atoms with Gasteiger partial charge in [0, 0.05) is 37.9 Å². The van der Waals surface area contributed by atoms with Crippen LogP contribution in [0.4, 0.5) is 10.1 Å². The first kappa shape index (κ1) is 14.8. The minimum absolute atomic E-state index is 0.135. The van der Waals surface area contributed by atoms with Gasteiger partial charge in [0.1, 0.15) is 5.82 Å². The molecule has 1 aromatic carbocycles. The highest BCUT2D eigenvalue weighted by Gasteiger charge is 2.29. The van der Waals surface area contributed by atoms with Gasteiger partial charge in [-0.3, -0.25) is 4.90 Å². The van der Waals surface area contributed by atoms with Crippen molar-refractivity contribution in [2.75, 3.05) is 37.6 Å². The Kier molecular flexibility index (Phi) is 4.76. The predicted molar refractivity (Wildman–Crippen MR) is 85.2 cm³/mol. The van der Waals surface area contributed by atoms with Gasteiger partial charge < -0.3 is 10.2 Å². The Morgan fingerprint density at radius 2 is 2.10 bits per heavy atom. The van der Waals surface area contributed by atoms with Crippen molar-refractivity contribution in [3.05, 3.63) is 29.6 Å². The van der Waals surface area contributed by atoms with Crippen LogP contribution in [-0.4, -0.2) is 43.7 Å². The molecule has 0 saturated carbocycles. The monoisotopic (exact) mass is 291 g/mol. The molecule has 2 aliphatic heterocycles. The number of nitrogens with one attached hydrogen (secondary N) is 1. The van der Waals surface area contributed by atoms with E-state index in [0.29, 0.717) is 6.04 Å². The maximum Gasteiger partial charge on any atom is 0.123 e. The fraction of sp³-hybridized carbons (Fsp3) is 0.647. The van der Waals surface area contributed by atoms with Crippen molar-refractivity contribution in [1.29, 1.82) is 0 Å². The average Bonchev–Trinajstić information content (AvgIpc) is 2.82. The van der Waals surface area contributed by atoms with Crippen LogP contribution in [0, 0.1) is 5.82 Å². The minimum Gasteiger partial charge on any atom is -0.370 e. The molecule has 4 heteroatoms. The summed E-state index contributed by atoms with van der Waals surface area (Å²) in [5.41, 5.74) is 2.30. The Labute approximate surface area is 127 Å². The number of nitrogens with zero attached hydrogens (tertiary/aromatic N) is 2. The first-order chi connectivity index (χ1) is 10.3. The molecule has 2 heterocycles. The lowest BCUT2D eigenvalue weighted by atomic mass is 10.1. The summed E-state index contributed by atoms with van der Waals surface area (Å²) < 4.78 is 13.6. The van der Waals surface area contributed by atoms with Crippen LogP contribution >= 0.6 is 0 Å². The van der Waals surface area contributed by atoms with Crippen molar-refractivity contribution in [2.45, 2.75) is 38.8 Å². The Bertz CT molecular complexity index is 477. The predicted octanol–water partition coefficient (Wildman–Crippen LogP) is 2.61. The van der Waals surface area contributed by atoms with Crippen LogP contribution in [0.5, 0.6) is 0 Å². The van der Waals surface area contributed by atoms with Crippen molar-refractivity contribution in [3.63, 3.8) is 0 Å². The lowest BCUT2D eigenvalue weighted by Crippen LogP contribution is -2.37. The molecular formula is C17H26FN3. The number of hydrogen-bond acceptors (Lipinski definition) is 3. The molecule has 2 fully saturated rings. The van der Waals surface area contributed by atoms with Crippen LogP contribution in [0.3, 0.4) is 0 Å². The van der Waals surface area contributed by atoms with E-state index in [1.54, 1.807) is 12.1 Å². The molecule has 2 saturated heterocycles.